The number of methoxy groups -OCH3 is 1. The average Bonchev–Trinajstić information content (AvgIpc) is 2.89. The average molecular weight is 250 g/mol. The summed E-state index contributed by atoms with van der Waals surface area (Å²) in [5.74, 6) is 0.693. The van der Waals surface area contributed by atoms with Crippen molar-refractivity contribution in [3.05, 3.63) is 22.4 Å². The van der Waals surface area contributed by atoms with Crippen LogP contribution in [0.2, 0.25) is 0 Å². The molecule has 0 saturated heterocycles. The maximum absolute atomic E-state index is 8.95. The second kappa shape index (κ2) is 5.82. The third-order valence-corrected chi connectivity index (χ3v) is 3.32. The molecule has 98 valence electrons. The van der Waals surface area contributed by atoms with Gasteiger partial charge in [0.25, 0.3) is 6.47 Å². The molecule has 18 heavy (non-hydrogen) atoms. The van der Waals surface area contributed by atoms with Crippen LogP contribution in [-0.4, -0.2) is 18.6 Å². The third kappa shape index (κ3) is 2.46. The molecule has 0 amide bonds. The van der Waals surface area contributed by atoms with Crippen LogP contribution in [0.15, 0.2) is 0 Å². The van der Waals surface area contributed by atoms with Gasteiger partial charge in [0, 0.05) is 11.3 Å². The van der Waals surface area contributed by atoms with Gasteiger partial charge in [-0.1, -0.05) is 0 Å². The highest BCUT2D eigenvalue weighted by molar-refractivity contribution is 5.52. The van der Waals surface area contributed by atoms with Gasteiger partial charge in [-0.2, -0.15) is 0 Å². The minimum Gasteiger partial charge on any atom is -0.471 e. The lowest BCUT2D eigenvalue weighted by Gasteiger charge is -2.18. The first-order chi connectivity index (χ1) is 8.77. The molecule has 0 unspecified atom stereocenters. The van der Waals surface area contributed by atoms with Gasteiger partial charge in [-0.05, 0) is 36.8 Å². The van der Waals surface area contributed by atoms with Crippen molar-refractivity contribution in [1.29, 1.82) is 0 Å². The highest BCUT2D eigenvalue weighted by Crippen LogP contribution is 2.32. The Morgan fingerprint density at radius 3 is 2.61 bits per heavy atom. The predicted molar refractivity (Wildman–Crippen MR) is 66.9 cm³/mol. The second-order valence-electron chi connectivity index (χ2n) is 4.41. The lowest BCUT2D eigenvalue weighted by Crippen LogP contribution is -2.11. The zero-order valence-corrected chi connectivity index (χ0v) is 10.6. The monoisotopic (exact) mass is 250 g/mol. The van der Waals surface area contributed by atoms with Gasteiger partial charge in [0.1, 0.15) is 5.82 Å². The largest absolute Gasteiger partial charge is 0.471 e. The summed E-state index contributed by atoms with van der Waals surface area (Å²) >= 11 is 0. The summed E-state index contributed by atoms with van der Waals surface area (Å²) in [6, 6.07) is 0. The number of carbonyl (C=O) groups is 1. The predicted octanol–water partition coefficient (Wildman–Crippen LogP) is 1.36. The van der Waals surface area contributed by atoms with E-state index in [0.717, 1.165) is 25.0 Å². The summed E-state index contributed by atoms with van der Waals surface area (Å²) in [6.07, 6.45) is 4.78. The van der Waals surface area contributed by atoms with Gasteiger partial charge in [-0.15, -0.1) is 0 Å². The topological polar surface area (TPSA) is 74.4 Å². The number of hydrogen-bond donors (Lipinski definition) is 1. The standard InChI is InChI=1S/C11H14N2O.C2H4O2/c12-11-9-6-14-5-8(9)7-3-1-2-4-10(7)13-11;1-4-2-3/h1-6H2,(H2,12,13);2H,1H3. The molecule has 0 spiro atoms. The van der Waals surface area contributed by atoms with E-state index in [1.165, 1.54) is 36.8 Å². The molecule has 5 nitrogen and oxygen atoms in total. The van der Waals surface area contributed by atoms with Crippen molar-refractivity contribution in [3.63, 3.8) is 0 Å². The summed E-state index contributed by atoms with van der Waals surface area (Å²) in [4.78, 5) is 13.4. The summed E-state index contributed by atoms with van der Waals surface area (Å²) in [7, 11) is 1.31. The van der Waals surface area contributed by atoms with Crippen LogP contribution in [0, 0.1) is 0 Å². The maximum Gasteiger partial charge on any atom is 0.292 e. The lowest BCUT2D eigenvalue weighted by molar-refractivity contribution is -0.126. The minimum absolute atomic E-state index is 0.375. The number of fused-ring (bicyclic) bond motifs is 3. The van der Waals surface area contributed by atoms with Crippen LogP contribution in [0.1, 0.15) is 35.2 Å². The van der Waals surface area contributed by atoms with Crippen LogP contribution in [0.25, 0.3) is 0 Å². The SMILES string of the molecule is COC=O.Nc1nc2c(c3c1COC3)CCCC2. The highest BCUT2D eigenvalue weighted by atomic mass is 16.5. The summed E-state index contributed by atoms with van der Waals surface area (Å²) in [5.41, 5.74) is 11.0. The summed E-state index contributed by atoms with van der Waals surface area (Å²) < 4.78 is 9.30. The smallest absolute Gasteiger partial charge is 0.292 e. The number of aryl methyl sites for hydroxylation is 1. The third-order valence-electron chi connectivity index (χ3n) is 3.32. The van der Waals surface area contributed by atoms with Crippen LogP contribution in [0.3, 0.4) is 0 Å². The van der Waals surface area contributed by atoms with Crippen molar-refractivity contribution in [1.82, 2.24) is 4.98 Å². The number of aromatic nitrogens is 1. The van der Waals surface area contributed by atoms with Crippen LogP contribution in [-0.2, 0) is 40.3 Å². The molecule has 1 aromatic heterocycles. The van der Waals surface area contributed by atoms with Crippen molar-refractivity contribution in [2.75, 3.05) is 12.8 Å². The molecule has 0 fully saturated rings. The molecule has 3 rings (SSSR count). The first-order valence-corrected chi connectivity index (χ1v) is 6.11. The quantitative estimate of drug-likeness (QED) is 0.762. The summed E-state index contributed by atoms with van der Waals surface area (Å²) in [6.45, 7) is 1.77. The first-order valence-electron chi connectivity index (χ1n) is 6.11. The number of nitrogen functional groups attached to an aromatic ring is 1. The van der Waals surface area contributed by atoms with Gasteiger partial charge < -0.3 is 15.2 Å². The fraction of sp³-hybridized carbons (Fsp3) is 0.538. The van der Waals surface area contributed by atoms with Crippen molar-refractivity contribution < 1.29 is 14.3 Å². The van der Waals surface area contributed by atoms with E-state index in [0.29, 0.717) is 18.9 Å². The Bertz CT molecular complexity index is 446. The van der Waals surface area contributed by atoms with Gasteiger partial charge in [-0.3, -0.25) is 4.79 Å². The number of nitrogens with two attached hydrogens (primary N) is 1. The molecule has 2 aliphatic rings. The van der Waals surface area contributed by atoms with E-state index in [4.69, 9.17) is 15.3 Å². The molecule has 0 radical (unpaired) electrons. The molecule has 0 atom stereocenters. The van der Waals surface area contributed by atoms with E-state index >= 15 is 0 Å². The van der Waals surface area contributed by atoms with E-state index in [2.05, 4.69) is 9.72 Å². The molecule has 2 N–H and O–H groups in total. The van der Waals surface area contributed by atoms with Crippen molar-refractivity contribution in [3.8, 4) is 0 Å². The zero-order chi connectivity index (χ0) is 13.0. The Morgan fingerprint density at radius 2 is 1.89 bits per heavy atom. The molecule has 0 aromatic carbocycles. The van der Waals surface area contributed by atoms with E-state index in [9.17, 15) is 0 Å². The molecule has 2 heterocycles. The molecule has 0 bridgehead atoms. The zero-order valence-electron chi connectivity index (χ0n) is 10.6. The molecule has 1 aliphatic carbocycles. The normalized spacial score (nSPS) is 16.1. The van der Waals surface area contributed by atoms with Crippen LogP contribution in [0.4, 0.5) is 5.82 Å². The van der Waals surface area contributed by atoms with E-state index in [1.54, 1.807) is 0 Å². The summed E-state index contributed by atoms with van der Waals surface area (Å²) in [5, 5.41) is 0. The number of anilines is 1. The van der Waals surface area contributed by atoms with Crippen LogP contribution >= 0.6 is 0 Å². The van der Waals surface area contributed by atoms with Crippen molar-refractivity contribution >= 4 is 12.3 Å². The molecule has 0 saturated carbocycles. The first kappa shape index (κ1) is 12.8. The number of carbonyl (C=O) groups excluding carboxylic acids is 1. The Balaban J connectivity index is 0.000000267. The molecule has 1 aromatic rings. The lowest BCUT2D eigenvalue weighted by atomic mass is 9.91. The van der Waals surface area contributed by atoms with Crippen molar-refractivity contribution in [2.24, 2.45) is 0 Å². The molecule has 1 aliphatic heterocycles. The van der Waals surface area contributed by atoms with Gasteiger partial charge in [0.15, 0.2) is 0 Å². The Labute approximate surface area is 106 Å². The van der Waals surface area contributed by atoms with E-state index in [-0.39, 0.29) is 0 Å². The number of hydrogen-bond acceptors (Lipinski definition) is 5. The van der Waals surface area contributed by atoms with E-state index in [1.807, 2.05) is 0 Å². The Morgan fingerprint density at radius 1 is 1.22 bits per heavy atom. The number of pyridine rings is 1. The van der Waals surface area contributed by atoms with Gasteiger partial charge >= 0.3 is 0 Å². The van der Waals surface area contributed by atoms with Gasteiger partial charge in [0.2, 0.25) is 0 Å². The number of rotatable bonds is 1. The van der Waals surface area contributed by atoms with E-state index < -0.39 is 0 Å². The minimum atomic E-state index is 0.375. The number of ether oxygens (including phenoxy) is 2. The van der Waals surface area contributed by atoms with Crippen LogP contribution in [0.5, 0.6) is 0 Å². The molecule has 5 heteroatoms. The Hall–Kier alpha value is -1.62. The number of nitrogens with zero attached hydrogens (tertiary/aromatic N) is 1. The Kier molecular flexibility index (Phi) is 4.15. The molecular weight excluding hydrogens is 232 g/mol. The maximum atomic E-state index is 8.95. The fourth-order valence-corrected chi connectivity index (χ4v) is 2.48. The highest BCUT2D eigenvalue weighted by Gasteiger charge is 2.23. The second-order valence-corrected chi connectivity index (χ2v) is 4.41. The van der Waals surface area contributed by atoms with Gasteiger partial charge in [-0.25, -0.2) is 4.98 Å². The fourth-order valence-electron chi connectivity index (χ4n) is 2.48. The van der Waals surface area contributed by atoms with Crippen molar-refractivity contribution in [2.45, 2.75) is 38.9 Å². The van der Waals surface area contributed by atoms with Gasteiger partial charge in [0.05, 0.1) is 20.3 Å². The molecular formula is C13H18N2O3. The van der Waals surface area contributed by atoms with Crippen LogP contribution < -0.4 is 5.73 Å².